The molecule has 0 aromatic heterocycles. The summed E-state index contributed by atoms with van der Waals surface area (Å²) in [5.41, 5.74) is 2.18. The first kappa shape index (κ1) is 14.6. The number of amides is 2. The number of anilines is 1. The summed E-state index contributed by atoms with van der Waals surface area (Å²) in [5, 5.41) is 2.91. The molecule has 1 N–H and O–H groups in total. The van der Waals surface area contributed by atoms with E-state index in [1.165, 1.54) is 5.56 Å². The molecule has 3 nitrogen and oxygen atoms in total. The number of hydrogen-bond donors (Lipinski definition) is 1. The molecule has 18 heavy (non-hydrogen) atoms. The first-order valence-electron chi connectivity index (χ1n) is 6.78. The average molecular weight is 248 g/mol. The van der Waals surface area contributed by atoms with Gasteiger partial charge in [0.05, 0.1) is 0 Å². The molecule has 0 aliphatic carbocycles. The Kier molecular flexibility index (Phi) is 5.69. The smallest absolute Gasteiger partial charge is 0.321 e. The molecule has 0 aliphatic rings. The van der Waals surface area contributed by atoms with Crippen molar-refractivity contribution in [2.45, 2.75) is 40.0 Å². The van der Waals surface area contributed by atoms with Gasteiger partial charge in [-0.05, 0) is 43.9 Å². The zero-order valence-electron chi connectivity index (χ0n) is 11.9. The van der Waals surface area contributed by atoms with Crippen LogP contribution in [0.4, 0.5) is 10.5 Å². The van der Waals surface area contributed by atoms with Crippen LogP contribution in [0.3, 0.4) is 0 Å². The number of carbonyl (C=O) groups is 1. The number of hydrogen-bond acceptors (Lipinski definition) is 1. The highest BCUT2D eigenvalue weighted by Gasteiger charge is 2.09. The van der Waals surface area contributed by atoms with E-state index in [-0.39, 0.29) is 6.03 Å². The van der Waals surface area contributed by atoms with Crippen molar-refractivity contribution < 1.29 is 4.79 Å². The quantitative estimate of drug-likeness (QED) is 0.837. The monoisotopic (exact) mass is 248 g/mol. The molecule has 1 unspecified atom stereocenters. The van der Waals surface area contributed by atoms with Crippen molar-refractivity contribution >= 4 is 11.7 Å². The minimum Gasteiger partial charge on any atom is -0.325 e. The second-order valence-electron chi connectivity index (χ2n) is 4.53. The van der Waals surface area contributed by atoms with E-state index in [4.69, 9.17) is 0 Å². The Morgan fingerprint density at radius 3 is 2.17 bits per heavy atom. The predicted octanol–water partition coefficient (Wildman–Crippen LogP) is 4.07. The van der Waals surface area contributed by atoms with Crippen LogP contribution in [0.25, 0.3) is 0 Å². The van der Waals surface area contributed by atoms with Gasteiger partial charge in [-0.1, -0.05) is 26.0 Å². The van der Waals surface area contributed by atoms with Crippen molar-refractivity contribution in [1.29, 1.82) is 0 Å². The minimum atomic E-state index is -0.0312. The second kappa shape index (κ2) is 7.04. The summed E-state index contributed by atoms with van der Waals surface area (Å²) in [5.74, 6) is 0.567. The molecule has 0 fully saturated rings. The van der Waals surface area contributed by atoms with Crippen molar-refractivity contribution in [2.75, 3.05) is 18.4 Å². The van der Waals surface area contributed by atoms with Crippen LogP contribution < -0.4 is 5.32 Å². The van der Waals surface area contributed by atoms with Crippen LogP contribution >= 0.6 is 0 Å². The van der Waals surface area contributed by atoms with E-state index in [1.54, 1.807) is 4.90 Å². The van der Waals surface area contributed by atoms with Crippen LogP contribution in [0.5, 0.6) is 0 Å². The predicted molar refractivity (Wildman–Crippen MR) is 77.1 cm³/mol. The molecular formula is C15H24N2O. The van der Waals surface area contributed by atoms with E-state index in [1.807, 2.05) is 26.0 Å². The fourth-order valence-corrected chi connectivity index (χ4v) is 1.84. The molecule has 0 bridgehead atoms. The van der Waals surface area contributed by atoms with Gasteiger partial charge in [0, 0.05) is 18.8 Å². The standard InChI is InChI=1S/C15H24N2O/c1-5-12(4)13-8-10-14(11-9-13)16-15(18)17(6-2)7-3/h8-12H,5-7H2,1-4H3,(H,16,18). The lowest BCUT2D eigenvalue weighted by molar-refractivity contribution is 0.217. The largest absolute Gasteiger partial charge is 0.325 e. The van der Waals surface area contributed by atoms with Crippen molar-refractivity contribution in [3.05, 3.63) is 29.8 Å². The number of benzene rings is 1. The molecule has 100 valence electrons. The van der Waals surface area contributed by atoms with E-state index in [2.05, 4.69) is 31.3 Å². The molecule has 0 heterocycles. The van der Waals surface area contributed by atoms with Gasteiger partial charge in [-0.2, -0.15) is 0 Å². The van der Waals surface area contributed by atoms with E-state index in [9.17, 15) is 4.79 Å². The van der Waals surface area contributed by atoms with Crippen LogP contribution in [0, 0.1) is 0 Å². The third-order valence-electron chi connectivity index (χ3n) is 3.39. The molecule has 0 saturated heterocycles. The summed E-state index contributed by atoms with van der Waals surface area (Å²) in [7, 11) is 0. The minimum absolute atomic E-state index is 0.0312. The van der Waals surface area contributed by atoms with Gasteiger partial charge in [0.25, 0.3) is 0 Å². The van der Waals surface area contributed by atoms with Gasteiger partial charge in [0.1, 0.15) is 0 Å². The summed E-state index contributed by atoms with van der Waals surface area (Å²) in [6.45, 7) is 9.81. The Balaban J connectivity index is 2.66. The van der Waals surface area contributed by atoms with Crippen LogP contribution in [-0.4, -0.2) is 24.0 Å². The zero-order valence-corrected chi connectivity index (χ0v) is 11.9. The van der Waals surface area contributed by atoms with Gasteiger partial charge in [0.15, 0.2) is 0 Å². The Labute approximate surface area is 110 Å². The van der Waals surface area contributed by atoms with Gasteiger partial charge < -0.3 is 10.2 Å². The molecule has 1 rings (SSSR count). The molecule has 0 saturated carbocycles. The first-order chi connectivity index (χ1) is 8.62. The van der Waals surface area contributed by atoms with Crippen LogP contribution in [0.1, 0.15) is 45.6 Å². The molecule has 1 atom stereocenters. The topological polar surface area (TPSA) is 32.3 Å². The highest BCUT2D eigenvalue weighted by atomic mass is 16.2. The van der Waals surface area contributed by atoms with Crippen LogP contribution in [-0.2, 0) is 0 Å². The zero-order chi connectivity index (χ0) is 13.5. The lowest BCUT2D eigenvalue weighted by Crippen LogP contribution is -2.34. The first-order valence-corrected chi connectivity index (χ1v) is 6.78. The average Bonchev–Trinajstić information content (AvgIpc) is 2.40. The molecule has 2 amide bonds. The fraction of sp³-hybridized carbons (Fsp3) is 0.533. The van der Waals surface area contributed by atoms with E-state index >= 15 is 0 Å². The summed E-state index contributed by atoms with van der Waals surface area (Å²) in [6.07, 6.45) is 1.13. The van der Waals surface area contributed by atoms with Crippen LogP contribution in [0.2, 0.25) is 0 Å². The summed E-state index contributed by atoms with van der Waals surface area (Å²) < 4.78 is 0. The Bertz CT molecular complexity index is 369. The van der Waals surface area contributed by atoms with E-state index in [0.29, 0.717) is 5.92 Å². The van der Waals surface area contributed by atoms with Crippen LogP contribution in [0.15, 0.2) is 24.3 Å². The third kappa shape index (κ3) is 3.76. The van der Waals surface area contributed by atoms with Gasteiger partial charge in [0.2, 0.25) is 0 Å². The number of nitrogens with one attached hydrogen (secondary N) is 1. The van der Waals surface area contributed by atoms with Crippen molar-refractivity contribution in [3.63, 3.8) is 0 Å². The van der Waals surface area contributed by atoms with Gasteiger partial charge in [-0.25, -0.2) is 4.79 Å². The van der Waals surface area contributed by atoms with Gasteiger partial charge in [-0.3, -0.25) is 0 Å². The molecular weight excluding hydrogens is 224 g/mol. The SMILES string of the molecule is CCC(C)c1ccc(NC(=O)N(CC)CC)cc1. The summed E-state index contributed by atoms with van der Waals surface area (Å²) >= 11 is 0. The summed E-state index contributed by atoms with van der Waals surface area (Å²) in [6, 6.07) is 8.10. The van der Waals surface area contributed by atoms with Crippen molar-refractivity contribution in [3.8, 4) is 0 Å². The molecule has 3 heteroatoms. The Hall–Kier alpha value is -1.51. The molecule has 1 aromatic rings. The molecule has 0 spiro atoms. The highest BCUT2D eigenvalue weighted by molar-refractivity contribution is 5.89. The Morgan fingerprint density at radius 2 is 1.72 bits per heavy atom. The summed E-state index contributed by atoms with van der Waals surface area (Å²) in [4.78, 5) is 13.6. The van der Waals surface area contributed by atoms with Crippen molar-refractivity contribution in [2.24, 2.45) is 0 Å². The number of urea groups is 1. The number of carbonyl (C=O) groups excluding carboxylic acids is 1. The Morgan fingerprint density at radius 1 is 1.17 bits per heavy atom. The fourth-order valence-electron chi connectivity index (χ4n) is 1.84. The number of rotatable bonds is 5. The van der Waals surface area contributed by atoms with Crippen molar-refractivity contribution in [1.82, 2.24) is 4.90 Å². The van der Waals surface area contributed by atoms with E-state index in [0.717, 1.165) is 25.2 Å². The molecule has 0 aliphatic heterocycles. The lowest BCUT2D eigenvalue weighted by Gasteiger charge is -2.19. The molecule has 1 aromatic carbocycles. The lowest BCUT2D eigenvalue weighted by atomic mass is 9.99. The maximum atomic E-state index is 11.9. The maximum absolute atomic E-state index is 11.9. The third-order valence-corrected chi connectivity index (χ3v) is 3.39. The highest BCUT2D eigenvalue weighted by Crippen LogP contribution is 2.20. The van der Waals surface area contributed by atoms with Gasteiger partial charge >= 0.3 is 6.03 Å². The number of nitrogens with zero attached hydrogens (tertiary/aromatic N) is 1. The maximum Gasteiger partial charge on any atom is 0.321 e. The normalized spacial score (nSPS) is 12.0. The van der Waals surface area contributed by atoms with Gasteiger partial charge in [-0.15, -0.1) is 0 Å². The second-order valence-corrected chi connectivity index (χ2v) is 4.53. The van der Waals surface area contributed by atoms with E-state index < -0.39 is 0 Å². The molecule has 0 radical (unpaired) electrons.